The highest BCUT2D eigenvalue weighted by molar-refractivity contribution is 5.93. The summed E-state index contributed by atoms with van der Waals surface area (Å²) in [7, 11) is 4.09. The topological polar surface area (TPSA) is 53.9 Å². The number of benzene rings is 2. The van der Waals surface area contributed by atoms with Crippen LogP contribution in [-0.4, -0.2) is 47.8 Å². The minimum atomic E-state index is 0.611. The summed E-state index contributed by atoms with van der Waals surface area (Å²) in [6.45, 7) is 13.1. The minimum Gasteiger partial charge on any atom is -0.491 e. The molecule has 1 aromatic heterocycles. The molecule has 6 nitrogen and oxygen atoms in total. The van der Waals surface area contributed by atoms with E-state index in [1.54, 1.807) is 0 Å². The molecule has 0 amide bonds. The number of fused-ring (bicyclic) bond motifs is 2. The summed E-state index contributed by atoms with van der Waals surface area (Å²) < 4.78 is 6.30. The lowest BCUT2D eigenvalue weighted by atomic mass is 9.97. The van der Waals surface area contributed by atoms with E-state index < -0.39 is 0 Å². The van der Waals surface area contributed by atoms with Gasteiger partial charge in [0, 0.05) is 35.5 Å². The first-order chi connectivity index (χ1) is 17.3. The Hall–Kier alpha value is -3.51. The van der Waals surface area contributed by atoms with Crippen molar-refractivity contribution in [3.8, 4) is 16.9 Å². The van der Waals surface area contributed by atoms with Crippen molar-refractivity contribution in [3.63, 3.8) is 0 Å². The predicted octanol–water partition coefficient (Wildman–Crippen LogP) is 5.60. The SMILES string of the molecule is C=CCc1c(C)nc(CN(C)C)nc1N1CCOc2c(C)cc(-c3ccc4c(c3)N=C(C)C4)cc2C1. The van der Waals surface area contributed by atoms with Crippen LogP contribution in [0, 0.1) is 13.8 Å². The van der Waals surface area contributed by atoms with Gasteiger partial charge in [-0.1, -0.05) is 18.2 Å². The van der Waals surface area contributed by atoms with Gasteiger partial charge in [0.25, 0.3) is 0 Å². The molecule has 0 saturated carbocycles. The van der Waals surface area contributed by atoms with Crippen LogP contribution in [0.3, 0.4) is 0 Å². The first-order valence-corrected chi connectivity index (χ1v) is 12.6. The van der Waals surface area contributed by atoms with Gasteiger partial charge < -0.3 is 14.5 Å². The van der Waals surface area contributed by atoms with Crippen LogP contribution in [0.15, 0.2) is 48.0 Å². The van der Waals surface area contributed by atoms with E-state index >= 15 is 0 Å². The average molecular weight is 482 g/mol. The zero-order valence-corrected chi connectivity index (χ0v) is 22.1. The Morgan fingerprint density at radius 3 is 2.67 bits per heavy atom. The molecule has 0 bridgehead atoms. The number of nitrogens with zero attached hydrogens (tertiary/aromatic N) is 5. The van der Waals surface area contributed by atoms with E-state index in [1.165, 1.54) is 28.0 Å². The molecule has 0 fully saturated rings. The van der Waals surface area contributed by atoms with E-state index in [0.29, 0.717) is 13.2 Å². The van der Waals surface area contributed by atoms with E-state index in [9.17, 15) is 0 Å². The number of aryl methyl sites for hydroxylation is 2. The highest BCUT2D eigenvalue weighted by atomic mass is 16.5. The second kappa shape index (κ2) is 9.86. The van der Waals surface area contributed by atoms with Gasteiger partial charge in [0.15, 0.2) is 0 Å². The maximum absolute atomic E-state index is 6.30. The van der Waals surface area contributed by atoms with Gasteiger partial charge in [-0.15, -0.1) is 6.58 Å². The van der Waals surface area contributed by atoms with Gasteiger partial charge in [-0.3, -0.25) is 4.99 Å². The molecule has 0 saturated heterocycles. The van der Waals surface area contributed by atoms with E-state index in [1.807, 2.05) is 20.2 Å². The van der Waals surface area contributed by atoms with Crippen LogP contribution in [0.1, 0.15) is 40.7 Å². The average Bonchev–Trinajstić information content (AvgIpc) is 3.05. The number of anilines is 1. The molecule has 2 aliphatic rings. The number of ether oxygens (including phenoxy) is 1. The summed E-state index contributed by atoms with van der Waals surface area (Å²) >= 11 is 0. The lowest BCUT2D eigenvalue weighted by molar-refractivity contribution is 0.329. The fraction of sp³-hybridized carbons (Fsp3) is 0.367. The molecular formula is C30H35N5O. The van der Waals surface area contributed by atoms with Crippen LogP contribution in [0.2, 0.25) is 0 Å². The minimum absolute atomic E-state index is 0.611. The molecule has 186 valence electrons. The molecule has 6 heteroatoms. The predicted molar refractivity (Wildman–Crippen MR) is 148 cm³/mol. The van der Waals surface area contributed by atoms with Gasteiger partial charge in [0.2, 0.25) is 0 Å². The number of rotatable bonds is 6. The van der Waals surface area contributed by atoms with E-state index in [4.69, 9.17) is 19.7 Å². The van der Waals surface area contributed by atoms with Gasteiger partial charge in [-0.05, 0) is 81.7 Å². The van der Waals surface area contributed by atoms with Gasteiger partial charge in [0.05, 0.1) is 18.8 Å². The van der Waals surface area contributed by atoms with Crippen molar-refractivity contribution in [3.05, 3.63) is 76.8 Å². The molecule has 0 aliphatic carbocycles. The maximum atomic E-state index is 6.30. The third-order valence-corrected chi connectivity index (χ3v) is 6.84. The second-order valence-corrected chi connectivity index (χ2v) is 10.2. The van der Waals surface area contributed by atoms with Crippen LogP contribution in [0.4, 0.5) is 11.5 Å². The number of allylic oxidation sites excluding steroid dienone is 1. The smallest absolute Gasteiger partial charge is 0.144 e. The Balaban J connectivity index is 1.54. The number of aliphatic imine (C=N–C) groups is 1. The fourth-order valence-corrected chi connectivity index (χ4v) is 5.21. The van der Waals surface area contributed by atoms with Crippen molar-refractivity contribution in [2.75, 3.05) is 32.1 Å². The first kappa shape index (κ1) is 24.2. The van der Waals surface area contributed by atoms with Crippen molar-refractivity contribution >= 4 is 17.2 Å². The van der Waals surface area contributed by atoms with E-state index in [-0.39, 0.29) is 0 Å². The molecule has 0 radical (unpaired) electrons. The Kier molecular flexibility index (Phi) is 6.63. The molecule has 0 spiro atoms. The Morgan fingerprint density at radius 2 is 1.89 bits per heavy atom. The van der Waals surface area contributed by atoms with Gasteiger partial charge in [-0.2, -0.15) is 0 Å². The van der Waals surface area contributed by atoms with Crippen LogP contribution < -0.4 is 9.64 Å². The number of aromatic nitrogens is 2. The molecular weight excluding hydrogens is 446 g/mol. The van der Waals surface area contributed by atoms with Crippen LogP contribution in [0.5, 0.6) is 5.75 Å². The van der Waals surface area contributed by atoms with Crippen molar-refractivity contribution in [1.29, 1.82) is 0 Å². The summed E-state index contributed by atoms with van der Waals surface area (Å²) in [5, 5.41) is 0. The third kappa shape index (κ3) is 4.78. The van der Waals surface area contributed by atoms with Crippen LogP contribution in [0.25, 0.3) is 11.1 Å². The Bertz CT molecular complexity index is 1360. The molecule has 2 aliphatic heterocycles. The highest BCUT2D eigenvalue weighted by Gasteiger charge is 2.23. The summed E-state index contributed by atoms with van der Waals surface area (Å²) in [5.74, 6) is 2.81. The summed E-state index contributed by atoms with van der Waals surface area (Å²) in [5.41, 5.74) is 10.4. The second-order valence-electron chi connectivity index (χ2n) is 10.2. The van der Waals surface area contributed by atoms with Gasteiger partial charge in [0.1, 0.15) is 24.0 Å². The third-order valence-electron chi connectivity index (χ3n) is 6.84. The molecule has 5 rings (SSSR count). The Morgan fingerprint density at radius 1 is 1.06 bits per heavy atom. The van der Waals surface area contributed by atoms with Crippen molar-refractivity contribution in [2.24, 2.45) is 4.99 Å². The number of hydrogen-bond acceptors (Lipinski definition) is 6. The molecule has 2 aromatic carbocycles. The standard InChI is InChI=1S/C30H35N5O/c1-7-8-26-21(4)32-28(18-34(5)6)33-30(26)35-11-12-36-29-19(2)13-24(15-25(29)17-35)22-9-10-23-14-20(3)31-27(23)16-22/h7,9-10,13,15-16H,1,8,11-12,14,17-18H2,2-6H3. The Labute approximate surface area is 214 Å². The summed E-state index contributed by atoms with van der Waals surface area (Å²) in [6.07, 6.45) is 3.62. The van der Waals surface area contributed by atoms with Crippen molar-refractivity contribution < 1.29 is 4.74 Å². The van der Waals surface area contributed by atoms with E-state index in [2.05, 4.69) is 67.5 Å². The molecule has 3 heterocycles. The van der Waals surface area contributed by atoms with Crippen molar-refractivity contribution in [2.45, 2.75) is 46.7 Å². The molecule has 36 heavy (non-hydrogen) atoms. The van der Waals surface area contributed by atoms with Gasteiger partial charge >= 0.3 is 0 Å². The lowest BCUT2D eigenvalue weighted by Gasteiger charge is -2.25. The quantitative estimate of drug-likeness (QED) is 0.429. The monoisotopic (exact) mass is 481 g/mol. The normalized spacial score (nSPS) is 14.7. The van der Waals surface area contributed by atoms with Crippen molar-refractivity contribution in [1.82, 2.24) is 14.9 Å². The number of hydrogen-bond donors (Lipinski definition) is 0. The molecule has 0 N–H and O–H groups in total. The first-order valence-electron chi connectivity index (χ1n) is 12.6. The molecule has 0 atom stereocenters. The largest absolute Gasteiger partial charge is 0.491 e. The van der Waals surface area contributed by atoms with Crippen LogP contribution in [-0.2, 0) is 25.9 Å². The lowest BCUT2D eigenvalue weighted by Crippen LogP contribution is -2.29. The van der Waals surface area contributed by atoms with Gasteiger partial charge in [-0.25, -0.2) is 9.97 Å². The highest BCUT2D eigenvalue weighted by Crippen LogP contribution is 2.37. The zero-order chi connectivity index (χ0) is 25.4. The molecule has 3 aromatic rings. The summed E-state index contributed by atoms with van der Waals surface area (Å²) in [6, 6.07) is 11.1. The van der Waals surface area contributed by atoms with Crippen LogP contribution >= 0.6 is 0 Å². The zero-order valence-electron chi connectivity index (χ0n) is 22.1. The molecule has 0 unspecified atom stereocenters. The fourth-order valence-electron chi connectivity index (χ4n) is 5.21. The maximum Gasteiger partial charge on any atom is 0.144 e. The van der Waals surface area contributed by atoms with E-state index in [0.717, 1.165) is 65.8 Å². The summed E-state index contributed by atoms with van der Waals surface area (Å²) in [4.78, 5) is 19.0.